The number of ether oxygens (including phenoxy) is 1. The molecule has 0 aliphatic carbocycles. The van der Waals surface area contributed by atoms with Gasteiger partial charge < -0.3 is 19.8 Å². The van der Waals surface area contributed by atoms with Gasteiger partial charge in [0.15, 0.2) is 5.17 Å². The van der Waals surface area contributed by atoms with Gasteiger partial charge in [0.05, 0.1) is 37.3 Å². The molecule has 2 aromatic carbocycles. The normalized spacial score (nSPS) is 16.4. The van der Waals surface area contributed by atoms with Gasteiger partial charge in [-0.3, -0.25) is 19.4 Å². The number of carbonyl (C=O) groups is 3. The number of fused-ring (bicyclic) bond motifs is 3. The van der Waals surface area contributed by atoms with E-state index in [1.54, 1.807) is 25.5 Å². The molecule has 40 heavy (non-hydrogen) atoms. The summed E-state index contributed by atoms with van der Waals surface area (Å²) in [5, 5.41) is 5.60. The topological polar surface area (TPSA) is 126 Å². The Labute approximate surface area is 235 Å². The second kappa shape index (κ2) is 12.2. The van der Waals surface area contributed by atoms with Crippen molar-refractivity contribution in [1.82, 2.24) is 15.5 Å². The molecule has 0 bridgehead atoms. The number of benzene rings is 2. The van der Waals surface area contributed by atoms with E-state index in [4.69, 9.17) is 14.1 Å². The number of thioether (sulfide) groups is 1. The zero-order valence-corrected chi connectivity index (χ0v) is 22.9. The molecule has 2 N–H and O–H groups in total. The highest BCUT2D eigenvalue weighted by molar-refractivity contribution is 8.15. The van der Waals surface area contributed by atoms with Gasteiger partial charge in [-0.25, -0.2) is 9.89 Å². The maximum Gasteiger partial charge on any atom is 0.259 e. The van der Waals surface area contributed by atoms with E-state index in [9.17, 15) is 14.4 Å². The Balaban J connectivity index is 1.30. The molecule has 0 radical (unpaired) electrons. The van der Waals surface area contributed by atoms with Crippen molar-refractivity contribution in [1.29, 1.82) is 0 Å². The van der Waals surface area contributed by atoms with E-state index in [1.807, 2.05) is 55.5 Å². The average molecular weight is 560 g/mol. The maximum absolute atomic E-state index is 13.6. The van der Waals surface area contributed by atoms with Gasteiger partial charge in [-0.15, -0.1) is 0 Å². The molecule has 2 atom stereocenters. The van der Waals surface area contributed by atoms with Crippen molar-refractivity contribution in [2.24, 2.45) is 9.98 Å². The predicted molar refractivity (Wildman–Crippen MR) is 152 cm³/mol. The lowest BCUT2D eigenvalue weighted by Crippen LogP contribution is -2.43. The third kappa shape index (κ3) is 5.79. The number of para-hydroxylation sites is 2. The van der Waals surface area contributed by atoms with Gasteiger partial charge >= 0.3 is 0 Å². The summed E-state index contributed by atoms with van der Waals surface area (Å²) in [5.74, 6) is 0.901. The molecule has 0 saturated carbocycles. The minimum atomic E-state index is -0.905. The van der Waals surface area contributed by atoms with Crippen molar-refractivity contribution < 1.29 is 23.5 Å². The number of methoxy groups -OCH3 is 1. The summed E-state index contributed by atoms with van der Waals surface area (Å²) in [5.41, 5.74) is 2.18. The van der Waals surface area contributed by atoms with E-state index in [0.717, 1.165) is 5.56 Å². The molecule has 206 valence electrons. The van der Waals surface area contributed by atoms with E-state index in [0.29, 0.717) is 40.2 Å². The van der Waals surface area contributed by atoms with Crippen LogP contribution in [0.1, 0.15) is 36.7 Å². The van der Waals surface area contributed by atoms with Gasteiger partial charge in [-0.05, 0) is 36.8 Å². The second-order valence-electron chi connectivity index (χ2n) is 9.16. The summed E-state index contributed by atoms with van der Waals surface area (Å²) in [4.78, 5) is 50.2. The SMILES string of the molecule is CC[C@H](SC1=Nc2ccccc2C2=N[C@H](CC(=O)NCc3ccccc3OC)C(=O)N12)C(=O)NCc1ccco1. The van der Waals surface area contributed by atoms with Gasteiger partial charge in [-0.1, -0.05) is 49.0 Å². The fourth-order valence-electron chi connectivity index (χ4n) is 4.46. The molecule has 2 aliphatic heterocycles. The lowest BCUT2D eigenvalue weighted by molar-refractivity contribution is -0.128. The van der Waals surface area contributed by atoms with Crippen LogP contribution in [0.25, 0.3) is 0 Å². The summed E-state index contributed by atoms with van der Waals surface area (Å²) in [6, 6.07) is 17.4. The van der Waals surface area contributed by atoms with Crippen molar-refractivity contribution in [3.05, 3.63) is 83.8 Å². The summed E-state index contributed by atoms with van der Waals surface area (Å²) in [6.07, 6.45) is 1.95. The second-order valence-corrected chi connectivity index (χ2v) is 10.3. The molecule has 0 saturated heterocycles. The number of nitrogens with zero attached hydrogens (tertiary/aromatic N) is 3. The van der Waals surface area contributed by atoms with Crippen molar-refractivity contribution in [2.45, 2.75) is 44.1 Å². The Kier molecular flexibility index (Phi) is 8.30. The average Bonchev–Trinajstić information content (AvgIpc) is 3.62. The standard InChI is InChI=1S/C29H29N5O5S/c1-3-24(27(36)31-17-19-10-8-14-39-19)40-29-33-21-12-6-5-11-20(21)26-32-22(28(37)34(26)29)15-25(35)30-16-18-9-4-7-13-23(18)38-2/h4-14,22,24H,3,15-17H2,1-2H3,(H,30,35)(H,31,36)/t22-,24+/m1/s1. The number of aliphatic imine (C=N–C) groups is 2. The molecule has 0 unspecified atom stereocenters. The molecule has 11 heteroatoms. The first-order chi connectivity index (χ1) is 19.5. The fourth-order valence-corrected chi connectivity index (χ4v) is 5.50. The highest BCUT2D eigenvalue weighted by atomic mass is 32.2. The largest absolute Gasteiger partial charge is 0.496 e. The van der Waals surface area contributed by atoms with Gasteiger partial charge in [-0.2, -0.15) is 0 Å². The van der Waals surface area contributed by atoms with Gasteiger partial charge in [0.25, 0.3) is 5.91 Å². The molecular formula is C29H29N5O5S. The summed E-state index contributed by atoms with van der Waals surface area (Å²) >= 11 is 1.20. The van der Waals surface area contributed by atoms with Gasteiger partial charge in [0.1, 0.15) is 23.4 Å². The van der Waals surface area contributed by atoms with E-state index in [2.05, 4.69) is 15.6 Å². The van der Waals surface area contributed by atoms with E-state index in [1.165, 1.54) is 16.7 Å². The first-order valence-electron chi connectivity index (χ1n) is 12.9. The predicted octanol–water partition coefficient (Wildman–Crippen LogP) is 3.78. The number of rotatable bonds is 10. The monoisotopic (exact) mass is 559 g/mol. The number of amidine groups is 2. The van der Waals surface area contributed by atoms with E-state index < -0.39 is 11.3 Å². The minimum absolute atomic E-state index is 0.116. The minimum Gasteiger partial charge on any atom is -0.496 e. The van der Waals surface area contributed by atoms with Crippen LogP contribution in [0.5, 0.6) is 5.75 Å². The van der Waals surface area contributed by atoms with Crippen LogP contribution in [0.2, 0.25) is 0 Å². The molecule has 10 nitrogen and oxygen atoms in total. The van der Waals surface area contributed by atoms with Crippen LogP contribution in [0, 0.1) is 0 Å². The smallest absolute Gasteiger partial charge is 0.259 e. The Morgan fingerprint density at radius 3 is 2.65 bits per heavy atom. The molecule has 2 aliphatic rings. The van der Waals surface area contributed by atoms with Crippen LogP contribution in [0.4, 0.5) is 5.69 Å². The first-order valence-corrected chi connectivity index (χ1v) is 13.8. The molecule has 3 heterocycles. The summed E-state index contributed by atoms with van der Waals surface area (Å²) in [6.45, 7) is 2.43. The van der Waals surface area contributed by atoms with Crippen LogP contribution in [0.3, 0.4) is 0 Å². The molecule has 0 spiro atoms. The molecule has 3 aromatic rings. The van der Waals surface area contributed by atoms with Crippen molar-refractivity contribution in [3.63, 3.8) is 0 Å². The molecule has 5 rings (SSSR count). The maximum atomic E-state index is 13.6. The van der Waals surface area contributed by atoms with Gasteiger partial charge in [0.2, 0.25) is 11.8 Å². The number of amides is 3. The third-order valence-electron chi connectivity index (χ3n) is 6.52. The molecular weight excluding hydrogens is 530 g/mol. The number of furan rings is 1. The summed E-state index contributed by atoms with van der Waals surface area (Å²) < 4.78 is 10.6. The van der Waals surface area contributed by atoms with E-state index >= 15 is 0 Å². The third-order valence-corrected chi connectivity index (χ3v) is 7.84. The highest BCUT2D eigenvalue weighted by Crippen LogP contribution is 2.35. The van der Waals surface area contributed by atoms with Gasteiger partial charge in [0, 0.05) is 17.7 Å². The van der Waals surface area contributed by atoms with E-state index in [-0.39, 0.29) is 37.2 Å². The molecule has 1 aromatic heterocycles. The number of hydrogen-bond donors (Lipinski definition) is 2. The van der Waals surface area contributed by atoms with Crippen LogP contribution in [-0.2, 0) is 27.5 Å². The zero-order valence-electron chi connectivity index (χ0n) is 22.1. The van der Waals surface area contributed by atoms with Crippen molar-refractivity contribution in [3.8, 4) is 5.75 Å². The number of carbonyl (C=O) groups excluding carboxylic acids is 3. The zero-order chi connectivity index (χ0) is 28.1. The Bertz CT molecular complexity index is 1470. The lowest BCUT2D eigenvalue weighted by Gasteiger charge is -2.27. The highest BCUT2D eigenvalue weighted by Gasteiger charge is 2.43. The number of hydrogen-bond acceptors (Lipinski definition) is 8. The molecule has 3 amide bonds. The molecule has 0 fully saturated rings. The van der Waals surface area contributed by atoms with Crippen LogP contribution < -0.4 is 15.4 Å². The quantitative estimate of drug-likeness (QED) is 0.390. The van der Waals surface area contributed by atoms with Crippen molar-refractivity contribution in [2.75, 3.05) is 7.11 Å². The Hall–Kier alpha value is -4.38. The Morgan fingerprint density at radius 2 is 1.88 bits per heavy atom. The number of nitrogens with one attached hydrogen (secondary N) is 2. The van der Waals surface area contributed by atoms with Crippen LogP contribution >= 0.6 is 11.8 Å². The van der Waals surface area contributed by atoms with Crippen molar-refractivity contribution >= 4 is 46.2 Å². The summed E-state index contributed by atoms with van der Waals surface area (Å²) in [7, 11) is 1.57. The van der Waals surface area contributed by atoms with Crippen LogP contribution in [-0.4, -0.2) is 52.0 Å². The lowest BCUT2D eigenvalue weighted by atomic mass is 10.1. The Morgan fingerprint density at radius 1 is 1.07 bits per heavy atom. The first kappa shape index (κ1) is 27.2. The van der Waals surface area contributed by atoms with Crippen LogP contribution in [0.15, 0.2) is 81.3 Å². The fraction of sp³-hybridized carbons (Fsp3) is 0.276.